The minimum absolute atomic E-state index is 0.0935. The summed E-state index contributed by atoms with van der Waals surface area (Å²) < 4.78 is 0. The average molecular weight is 290 g/mol. The van der Waals surface area contributed by atoms with E-state index in [2.05, 4.69) is 0 Å². The molecule has 114 valence electrons. The van der Waals surface area contributed by atoms with Gasteiger partial charge in [0.15, 0.2) is 0 Å². The summed E-state index contributed by atoms with van der Waals surface area (Å²) >= 11 is 0. The fraction of sp³-hybridized carbons (Fsp3) is 0.500. The van der Waals surface area contributed by atoms with E-state index in [1.807, 2.05) is 42.2 Å². The van der Waals surface area contributed by atoms with Crippen LogP contribution < -0.4 is 4.90 Å². The lowest BCUT2D eigenvalue weighted by atomic mass is 10.2. The standard InChI is InChI=1S/C16H22N2O3/c1-2-14(19)12-17(13-6-4-3-5-7-13)10-11-18-15(20)8-9-16(18)21/h3-7,14,19H,2,8-12H2,1H3. The smallest absolute Gasteiger partial charge is 0.229 e. The first-order chi connectivity index (χ1) is 10.1. The summed E-state index contributed by atoms with van der Waals surface area (Å²) in [7, 11) is 0. The third-order valence-electron chi connectivity index (χ3n) is 3.77. The first kappa shape index (κ1) is 15.5. The van der Waals surface area contributed by atoms with Gasteiger partial charge in [0.1, 0.15) is 0 Å². The third kappa shape index (κ3) is 4.04. The molecule has 1 atom stereocenters. The highest BCUT2D eigenvalue weighted by Gasteiger charge is 2.28. The number of carbonyl (C=O) groups is 2. The molecule has 1 aromatic rings. The monoisotopic (exact) mass is 290 g/mol. The molecule has 0 bridgehead atoms. The molecule has 0 aromatic heterocycles. The molecule has 21 heavy (non-hydrogen) atoms. The number of aliphatic hydroxyl groups is 1. The largest absolute Gasteiger partial charge is 0.391 e. The van der Waals surface area contributed by atoms with Gasteiger partial charge in [-0.05, 0) is 18.6 Å². The van der Waals surface area contributed by atoms with Crippen LogP contribution in [0, 0.1) is 0 Å². The molecule has 2 rings (SSSR count). The van der Waals surface area contributed by atoms with Crippen LogP contribution in [0.3, 0.4) is 0 Å². The third-order valence-corrected chi connectivity index (χ3v) is 3.77. The van der Waals surface area contributed by atoms with Crippen molar-refractivity contribution in [2.75, 3.05) is 24.5 Å². The number of para-hydroxylation sites is 1. The van der Waals surface area contributed by atoms with Crippen LogP contribution in [0.15, 0.2) is 30.3 Å². The number of nitrogens with zero attached hydrogens (tertiary/aromatic N) is 2. The molecule has 0 radical (unpaired) electrons. The molecule has 0 aliphatic carbocycles. The highest BCUT2D eigenvalue weighted by molar-refractivity contribution is 6.01. The molecule has 5 heteroatoms. The zero-order valence-electron chi connectivity index (χ0n) is 12.4. The maximum Gasteiger partial charge on any atom is 0.229 e. The summed E-state index contributed by atoms with van der Waals surface area (Å²) in [6, 6.07) is 9.75. The summed E-state index contributed by atoms with van der Waals surface area (Å²) in [5.74, 6) is -0.187. The molecule has 1 fully saturated rings. The molecule has 1 unspecified atom stereocenters. The van der Waals surface area contributed by atoms with Gasteiger partial charge in [-0.15, -0.1) is 0 Å². The summed E-state index contributed by atoms with van der Waals surface area (Å²) in [6.45, 7) is 3.35. The van der Waals surface area contributed by atoms with E-state index in [1.54, 1.807) is 0 Å². The number of aliphatic hydroxyl groups excluding tert-OH is 1. The lowest BCUT2D eigenvalue weighted by Gasteiger charge is -2.28. The van der Waals surface area contributed by atoms with Crippen LogP contribution in [0.25, 0.3) is 0 Å². The number of carbonyl (C=O) groups excluding carboxylic acids is 2. The van der Waals surface area contributed by atoms with Crippen molar-refractivity contribution in [1.82, 2.24) is 4.90 Å². The van der Waals surface area contributed by atoms with E-state index in [9.17, 15) is 14.7 Å². The number of amides is 2. The molecule has 0 saturated carbocycles. The van der Waals surface area contributed by atoms with Crippen molar-refractivity contribution in [1.29, 1.82) is 0 Å². The highest BCUT2D eigenvalue weighted by Crippen LogP contribution is 2.16. The number of hydrogen-bond acceptors (Lipinski definition) is 4. The van der Waals surface area contributed by atoms with E-state index in [0.717, 1.165) is 5.69 Å². The summed E-state index contributed by atoms with van der Waals surface area (Å²) in [5.41, 5.74) is 0.990. The van der Waals surface area contributed by atoms with Gasteiger partial charge in [-0.2, -0.15) is 0 Å². The van der Waals surface area contributed by atoms with Crippen molar-refractivity contribution >= 4 is 17.5 Å². The SMILES string of the molecule is CCC(O)CN(CCN1C(=O)CCC1=O)c1ccccc1. The Morgan fingerprint density at radius 1 is 1.19 bits per heavy atom. The fourth-order valence-electron chi connectivity index (χ4n) is 2.44. The van der Waals surface area contributed by atoms with Crippen LogP contribution in [-0.2, 0) is 9.59 Å². The van der Waals surface area contributed by atoms with E-state index in [4.69, 9.17) is 0 Å². The van der Waals surface area contributed by atoms with Crippen molar-refractivity contribution in [3.05, 3.63) is 30.3 Å². The van der Waals surface area contributed by atoms with Crippen LogP contribution in [0.1, 0.15) is 26.2 Å². The molecule has 1 aliphatic heterocycles. The number of rotatable bonds is 7. The summed E-state index contributed by atoms with van der Waals surface area (Å²) in [4.78, 5) is 26.6. The molecule has 1 saturated heterocycles. The Balaban J connectivity index is 2.02. The van der Waals surface area contributed by atoms with E-state index in [1.165, 1.54) is 4.90 Å². The first-order valence-electron chi connectivity index (χ1n) is 7.43. The predicted octanol–water partition coefficient (Wildman–Crippen LogP) is 1.41. The number of hydrogen-bond donors (Lipinski definition) is 1. The van der Waals surface area contributed by atoms with Gasteiger partial charge < -0.3 is 10.0 Å². The van der Waals surface area contributed by atoms with Gasteiger partial charge >= 0.3 is 0 Å². The Morgan fingerprint density at radius 3 is 2.38 bits per heavy atom. The normalized spacial score (nSPS) is 16.4. The second-order valence-corrected chi connectivity index (χ2v) is 5.28. The quantitative estimate of drug-likeness (QED) is 0.771. The van der Waals surface area contributed by atoms with Crippen molar-refractivity contribution in [3.63, 3.8) is 0 Å². The molecule has 0 spiro atoms. The van der Waals surface area contributed by atoms with Crippen molar-refractivity contribution < 1.29 is 14.7 Å². The van der Waals surface area contributed by atoms with Crippen molar-refractivity contribution in [3.8, 4) is 0 Å². The zero-order chi connectivity index (χ0) is 15.2. The summed E-state index contributed by atoms with van der Waals surface area (Å²) in [6.07, 6.45) is 0.893. The van der Waals surface area contributed by atoms with Crippen LogP contribution >= 0.6 is 0 Å². The van der Waals surface area contributed by atoms with Gasteiger partial charge in [-0.3, -0.25) is 14.5 Å². The molecule has 2 amide bonds. The van der Waals surface area contributed by atoms with Crippen molar-refractivity contribution in [2.24, 2.45) is 0 Å². The lowest BCUT2D eigenvalue weighted by Crippen LogP contribution is -2.40. The second-order valence-electron chi connectivity index (χ2n) is 5.28. The summed E-state index contributed by atoms with van der Waals surface area (Å²) in [5, 5.41) is 9.90. The van der Waals surface area contributed by atoms with Gasteiger partial charge in [-0.25, -0.2) is 0 Å². The molecule has 5 nitrogen and oxygen atoms in total. The first-order valence-corrected chi connectivity index (χ1v) is 7.43. The fourth-order valence-corrected chi connectivity index (χ4v) is 2.44. The number of likely N-dealkylation sites (tertiary alicyclic amines) is 1. The van der Waals surface area contributed by atoms with E-state index in [-0.39, 0.29) is 11.8 Å². The lowest BCUT2D eigenvalue weighted by molar-refractivity contribution is -0.138. The Hall–Kier alpha value is -1.88. The van der Waals surface area contributed by atoms with Gasteiger partial charge in [0.05, 0.1) is 6.10 Å². The number of imide groups is 1. The molecule has 1 aliphatic rings. The van der Waals surface area contributed by atoms with Crippen molar-refractivity contribution in [2.45, 2.75) is 32.3 Å². The van der Waals surface area contributed by atoms with E-state index < -0.39 is 6.10 Å². The second kappa shape index (κ2) is 7.22. The van der Waals surface area contributed by atoms with Crippen LogP contribution in [0.5, 0.6) is 0 Å². The van der Waals surface area contributed by atoms with E-state index in [0.29, 0.717) is 38.9 Å². The van der Waals surface area contributed by atoms with E-state index >= 15 is 0 Å². The number of anilines is 1. The predicted molar refractivity (Wildman–Crippen MR) is 80.9 cm³/mol. The molecule has 1 heterocycles. The van der Waals surface area contributed by atoms with Gasteiger partial charge in [0.2, 0.25) is 11.8 Å². The van der Waals surface area contributed by atoms with Gasteiger partial charge in [0.25, 0.3) is 0 Å². The maximum absolute atomic E-state index is 11.6. The van der Waals surface area contributed by atoms with Gasteiger partial charge in [0, 0.05) is 38.2 Å². The Bertz CT molecular complexity index is 474. The Kier molecular flexibility index (Phi) is 5.33. The topological polar surface area (TPSA) is 60.9 Å². The van der Waals surface area contributed by atoms with Gasteiger partial charge in [-0.1, -0.05) is 25.1 Å². The number of benzene rings is 1. The Labute approximate surface area is 125 Å². The minimum Gasteiger partial charge on any atom is -0.391 e. The molecule has 1 aromatic carbocycles. The molecule has 1 N–H and O–H groups in total. The van der Waals surface area contributed by atoms with Crippen LogP contribution in [-0.4, -0.2) is 47.6 Å². The highest BCUT2D eigenvalue weighted by atomic mass is 16.3. The molecular weight excluding hydrogens is 268 g/mol. The average Bonchev–Trinajstić information content (AvgIpc) is 2.83. The van der Waals surface area contributed by atoms with Crippen LogP contribution in [0.2, 0.25) is 0 Å². The van der Waals surface area contributed by atoms with Crippen LogP contribution in [0.4, 0.5) is 5.69 Å². The minimum atomic E-state index is -0.421. The Morgan fingerprint density at radius 2 is 1.81 bits per heavy atom. The maximum atomic E-state index is 11.6. The molecular formula is C16H22N2O3. The zero-order valence-corrected chi connectivity index (χ0v) is 12.4.